The first kappa shape index (κ1) is 12.4. The van der Waals surface area contributed by atoms with Gasteiger partial charge in [-0.25, -0.2) is 0 Å². The highest BCUT2D eigenvalue weighted by atomic mass is 16.2. The van der Waals surface area contributed by atoms with Gasteiger partial charge in [0.2, 0.25) is 11.8 Å². The maximum absolute atomic E-state index is 11.9. The molecule has 1 N–H and O–H groups in total. The van der Waals surface area contributed by atoms with E-state index in [1.807, 2.05) is 0 Å². The van der Waals surface area contributed by atoms with Crippen LogP contribution in [0.1, 0.15) is 19.3 Å². The van der Waals surface area contributed by atoms with Gasteiger partial charge >= 0.3 is 0 Å². The van der Waals surface area contributed by atoms with Crippen LogP contribution in [-0.2, 0) is 9.59 Å². The van der Waals surface area contributed by atoms with E-state index in [2.05, 4.69) is 5.32 Å². The maximum atomic E-state index is 11.9. The lowest BCUT2D eigenvalue weighted by molar-refractivity contribution is -0.144. The van der Waals surface area contributed by atoms with Crippen LogP contribution in [0.15, 0.2) is 0 Å². The summed E-state index contributed by atoms with van der Waals surface area (Å²) >= 11 is 0. The minimum Gasteiger partial charge on any atom is -0.342 e. The second-order valence-electron chi connectivity index (χ2n) is 5.03. The van der Waals surface area contributed by atoms with Gasteiger partial charge in [0, 0.05) is 26.6 Å². The van der Waals surface area contributed by atoms with E-state index in [1.54, 1.807) is 16.8 Å². The van der Waals surface area contributed by atoms with E-state index < -0.39 is 0 Å². The largest absolute Gasteiger partial charge is 0.342 e. The van der Waals surface area contributed by atoms with Crippen LogP contribution in [0.4, 0.5) is 0 Å². The molecule has 2 aliphatic heterocycles. The quantitative estimate of drug-likeness (QED) is 0.734. The molecule has 17 heavy (non-hydrogen) atoms. The SMILES string of the molecule is CN1CCN(C(=O)CCC2CCNC2)CC1=O. The molecule has 2 heterocycles. The Hall–Kier alpha value is -1.10. The van der Waals surface area contributed by atoms with Gasteiger partial charge in [-0.2, -0.15) is 0 Å². The first-order valence-corrected chi connectivity index (χ1v) is 6.39. The molecule has 96 valence electrons. The number of piperazine rings is 1. The first-order chi connectivity index (χ1) is 8.16. The molecule has 0 aromatic carbocycles. The lowest BCUT2D eigenvalue weighted by Crippen LogP contribution is -2.50. The Kier molecular flexibility index (Phi) is 3.99. The molecule has 0 spiro atoms. The second kappa shape index (κ2) is 5.49. The summed E-state index contributed by atoms with van der Waals surface area (Å²) in [4.78, 5) is 26.8. The van der Waals surface area contributed by atoms with E-state index in [0.29, 0.717) is 25.4 Å². The first-order valence-electron chi connectivity index (χ1n) is 6.39. The molecule has 0 aromatic heterocycles. The third kappa shape index (κ3) is 3.19. The topological polar surface area (TPSA) is 52.6 Å². The Labute approximate surface area is 102 Å². The Morgan fingerprint density at radius 1 is 1.47 bits per heavy atom. The van der Waals surface area contributed by atoms with Crippen LogP contribution >= 0.6 is 0 Å². The minimum absolute atomic E-state index is 0.0483. The predicted octanol–water partition coefficient (Wildman–Crippen LogP) is -0.323. The molecule has 2 fully saturated rings. The molecule has 0 bridgehead atoms. The molecule has 2 amide bonds. The molecule has 0 aromatic rings. The van der Waals surface area contributed by atoms with Gasteiger partial charge in [-0.1, -0.05) is 0 Å². The van der Waals surface area contributed by atoms with E-state index in [9.17, 15) is 9.59 Å². The monoisotopic (exact) mass is 239 g/mol. The highest BCUT2D eigenvalue weighted by Crippen LogP contribution is 2.15. The third-order valence-electron chi connectivity index (χ3n) is 3.74. The van der Waals surface area contributed by atoms with Crippen molar-refractivity contribution in [3.05, 3.63) is 0 Å². The molecule has 2 rings (SSSR count). The van der Waals surface area contributed by atoms with Crippen LogP contribution < -0.4 is 5.32 Å². The molecule has 1 unspecified atom stereocenters. The summed E-state index contributed by atoms with van der Waals surface area (Å²) in [5, 5.41) is 3.30. The van der Waals surface area contributed by atoms with Gasteiger partial charge in [0.05, 0.1) is 6.54 Å². The number of carbonyl (C=O) groups is 2. The maximum Gasteiger partial charge on any atom is 0.241 e. The fraction of sp³-hybridized carbons (Fsp3) is 0.833. The van der Waals surface area contributed by atoms with Crippen molar-refractivity contribution in [1.29, 1.82) is 0 Å². The summed E-state index contributed by atoms with van der Waals surface area (Å²) in [6, 6.07) is 0. The zero-order chi connectivity index (χ0) is 12.3. The van der Waals surface area contributed by atoms with Gasteiger partial charge in [-0.3, -0.25) is 9.59 Å². The molecule has 2 saturated heterocycles. The van der Waals surface area contributed by atoms with Crippen LogP contribution in [0, 0.1) is 5.92 Å². The summed E-state index contributed by atoms with van der Waals surface area (Å²) < 4.78 is 0. The van der Waals surface area contributed by atoms with Crippen molar-refractivity contribution in [2.45, 2.75) is 19.3 Å². The molecular formula is C12H21N3O2. The number of hydrogen-bond donors (Lipinski definition) is 1. The van der Waals surface area contributed by atoms with Gasteiger partial charge in [0.15, 0.2) is 0 Å². The molecule has 1 atom stereocenters. The van der Waals surface area contributed by atoms with E-state index in [0.717, 1.165) is 19.5 Å². The summed E-state index contributed by atoms with van der Waals surface area (Å²) in [6.45, 7) is 3.72. The van der Waals surface area contributed by atoms with E-state index in [4.69, 9.17) is 0 Å². The predicted molar refractivity (Wildman–Crippen MR) is 64.4 cm³/mol. The van der Waals surface area contributed by atoms with Crippen molar-refractivity contribution in [2.24, 2.45) is 5.92 Å². The van der Waals surface area contributed by atoms with E-state index in [1.165, 1.54) is 6.42 Å². The average molecular weight is 239 g/mol. The molecule has 5 nitrogen and oxygen atoms in total. The van der Waals surface area contributed by atoms with Crippen molar-refractivity contribution in [2.75, 3.05) is 39.8 Å². The molecule has 2 aliphatic rings. The molecular weight excluding hydrogens is 218 g/mol. The van der Waals surface area contributed by atoms with Crippen molar-refractivity contribution in [3.8, 4) is 0 Å². The lowest BCUT2D eigenvalue weighted by atomic mass is 10.0. The zero-order valence-electron chi connectivity index (χ0n) is 10.4. The summed E-state index contributed by atoms with van der Waals surface area (Å²) in [5.74, 6) is 0.826. The minimum atomic E-state index is 0.0483. The standard InChI is InChI=1S/C12H21N3O2/c1-14-6-7-15(9-12(14)17)11(16)3-2-10-4-5-13-8-10/h10,13H,2-9H2,1H3. The number of hydrogen-bond acceptors (Lipinski definition) is 3. The van der Waals surface area contributed by atoms with Crippen molar-refractivity contribution in [1.82, 2.24) is 15.1 Å². The van der Waals surface area contributed by atoms with Gasteiger partial charge in [-0.15, -0.1) is 0 Å². The normalized spacial score (nSPS) is 25.5. The summed E-state index contributed by atoms with van der Waals surface area (Å²) in [7, 11) is 1.79. The van der Waals surface area contributed by atoms with E-state index >= 15 is 0 Å². The van der Waals surface area contributed by atoms with Crippen LogP contribution in [0.2, 0.25) is 0 Å². The third-order valence-corrected chi connectivity index (χ3v) is 3.74. The number of rotatable bonds is 3. The number of carbonyl (C=O) groups excluding carboxylic acids is 2. The van der Waals surface area contributed by atoms with Gasteiger partial charge in [-0.05, 0) is 31.8 Å². The van der Waals surface area contributed by atoms with Gasteiger partial charge in [0.1, 0.15) is 0 Å². The van der Waals surface area contributed by atoms with Crippen LogP contribution in [0.3, 0.4) is 0 Å². The second-order valence-corrected chi connectivity index (χ2v) is 5.03. The van der Waals surface area contributed by atoms with E-state index in [-0.39, 0.29) is 18.4 Å². The summed E-state index contributed by atoms with van der Waals surface area (Å²) in [5.41, 5.74) is 0. The molecule has 5 heteroatoms. The van der Waals surface area contributed by atoms with Gasteiger partial charge < -0.3 is 15.1 Å². The van der Waals surface area contributed by atoms with Gasteiger partial charge in [0.25, 0.3) is 0 Å². The fourth-order valence-electron chi connectivity index (χ4n) is 2.42. The molecule has 0 saturated carbocycles. The number of amides is 2. The Balaban J connectivity index is 1.74. The number of nitrogens with zero attached hydrogens (tertiary/aromatic N) is 2. The Morgan fingerprint density at radius 3 is 2.94 bits per heavy atom. The highest BCUT2D eigenvalue weighted by Gasteiger charge is 2.25. The lowest BCUT2D eigenvalue weighted by Gasteiger charge is -2.32. The summed E-state index contributed by atoms with van der Waals surface area (Å²) in [6.07, 6.45) is 2.71. The smallest absolute Gasteiger partial charge is 0.241 e. The zero-order valence-corrected chi connectivity index (χ0v) is 10.4. The molecule has 0 aliphatic carbocycles. The fourth-order valence-corrected chi connectivity index (χ4v) is 2.42. The van der Waals surface area contributed by atoms with Crippen LogP contribution in [0.25, 0.3) is 0 Å². The average Bonchev–Trinajstić information content (AvgIpc) is 2.82. The molecule has 0 radical (unpaired) electrons. The van der Waals surface area contributed by atoms with Crippen molar-refractivity contribution < 1.29 is 9.59 Å². The van der Waals surface area contributed by atoms with Crippen LogP contribution in [0.5, 0.6) is 0 Å². The van der Waals surface area contributed by atoms with Crippen LogP contribution in [-0.4, -0.2) is 61.4 Å². The number of likely N-dealkylation sites (N-methyl/N-ethyl adjacent to an activating group) is 1. The Bertz CT molecular complexity index is 300. The van der Waals surface area contributed by atoms with Crippen molar-refractivity contribution >= 4 is 11.8 Å². The highest BCUT2D eigenvalue weighted by molar-refractivity contribution is 5.85. The number of nitrogens with one attached hydrogen (secondary N) is 1. The Morgan fingerprint density at radius 2 is 2.29 bits per heavy atom. The van der Waals surface area contributed by atoms with Crippen molar-refractivity contribution in [3.63, 3.8) is 0 Å².